The van der Waals surface area contributed by atoms with Crippen LogP contribution in [0.15, 0.2) is 18.3 Å². The summed E-state index contributed by atoms with van der Waals surface area (Å²) in [6.45, 7) is 5.67. The Labute approximate surface area is 123 Å². The molecule has 1 aromatic heterocycles. The number of nitrogens with zero attached hydrogens (tertiary/aromatic N) is 1. The number of ether oxygens (including phenoxy) is 2. The van der Waals surface area contributed by atoms with Crippen LogP contribution in [0.25, 0.3) is 0 Å². The molecule has 0 spiro atoms. The van der Waals surface area contributed by atoms with E-state index >= 15 is 0 Å². The molecule has 0 saturated carbocycles. The largest absolute Gasteiger partial charge is 0.478 e. The Morgan fingerprint density at radius 3 is 2.67 bits per heavy atom. The Kier molecular flexibility index (Phi) is 6.10. The molecule has 0 atom stereocenters. The smallest absolute Gasteiger partial charge is 0.413 e. The van der Waals surface area contributed by atoms with Crippen LogP contribution >= 0.6 is 0 Å². The number of hydrogen-bond donors (Lipinski definition) is 3. The monoisotopic (exact) mass is 295 g/mol. The first-order chi connectivity index (χ1) is 9.81. The van der Waals surface area contributed by atoms with Crippen molar-refractivity contribution in [3.05, 3.63) is 23.9 Å². The first-order valence-corrected chi connectivity index (χ1v) is 6.60. The van der Waals surface area contributed by atoms with Gasteiger partial charge in [0, 0.05) is 30.9 Å². The summed E-state index contributed by atoms with van der Waals surface area (Å²) >= 11 is 0. The van der Waals surface area contributed by atoms with E-state index in [0.717, 1.165) is 0 Å². The molecule has 0 aromatic carbocycles. The molecule has 1 aromatic rings. The highest BCUT2D eigenvalue weighted by atomic mass is 16.6. The highest BCUT2D eigenvalue weighted by molar-refractivity contribution is 6.04. The standard InChI is InChI=1S/C14H21N3O4/c1-14(2,3)21-13(19)17-12(15)10-5-6-11(16-9-10)20-8-4-7-18/h5-6,9,18H,4,7-8H2,1-3H3,(H2,15,17,19). The summed E-state index contributed by atoms with van der Waals surface area (Å²) in [7, 11) is 0. The normalized spacial score (nSPS) is 10.9. The van der Waals surface area contributed by atoms with Crippen LogP contribution in [-0.4, -0.2) is 40.8 Å². The number of carbonyl (C=O) groups excluding carboxylic acids is 1. The van der Waals surface area contributed by atoms with E-state index in [1.165, 1.54) is 6.20 Å². The van der Waals surface area contributed by atoms with Gasteiger partial charge in [-0.2, -0.15) is 0 Å². The van der Waals surface area contributed by atoms with Gasteiger partial charge in [0.2, 0.25) is 5.88 Å². The Bertz CT molecular complexity index is 480. The molecular weight excluding hydrogens is 274 g/mol. The number of amides is 1. The van der Waals surface area contributed by atoms with Crippen LogP contribution in [-0.2, 0) is 4.74 Å². The SMILES string of the molecule is CC(C)(C)OC(=O)NC(=N)c1ccc(OCCCO)nc1. The minimum atomic E-state index is -0.684. The van der Waals surface area contributed by atoms with Crippen molar-refractivity contribution >= 4 is 11.9 Å². The number of aromatic nitrogens is 1. The molecule has 3 N–H and O–H groups in total. The lowest BCUT2D eigenvalue weighted by Crippen LogP contribution is -2.36. The van der Waals surface area contributed by atoms with Crippen molar-refractivity contribution in [2.75, 3.05) is 13.2 Å². The van der Waals surface area contributed by atoms with Gasteiger partial charge in [-0.1, -0.05) is 0 Å². The molecule has 0 radical (unpaired) electrons. The van der Waals surface area contributed by atoms with Crippen LogP contribution in [0.5, 0.6) is 5.88 Å². The Balaban J connectivity index is 2.53. The van der Waals surface area contributed by atoms with Gasteiger partial charge in [0.25, 0.3) is 0 Å². The zero-order valence-electron chi connectivity index (χ0n) is 12.5. The summed E-state index contributed by atoms with van der Waals surface area (Å²) in [5.41, 5.74) is -0.178. The summed E-state index contributed by atoms with van der Waals surface area (Å²) in [5.74, 6) is 0.302. The molecule has 21 heavy (non-hydrogen) atoms. The van der Waals surface area contributed by atoms with Gasteiger partial charge in [0.1, 0.15) is 11.4 Å². The molecule has 116 valence electrons. The van der Waals surface area contributed by atoms with Gasteiger partial charge < -0.3 is 14.6 Å². The summed E-state index contributed by atoms with van der Waals surface area (Å²) < 4.78 is 10.3. The van der Waals surface area contributed by atoms with Gasteiger partial charge in [-0.3, -0.25) is 10.7 Å². The lowest BCUT2D eigenvalue weighted by atomic mass is 10.2. The molecule has 0 aliphatic heterocycles. The molecule has 0 saturated heterocycles. The second-order valence-electron chi connectivity index (χ2n) is 5.31. The van der Waals surface area contributed by atoms with E-state index in [1.54, 1.807) is 32.9 Å². The third-order valence-electron chi connectivity index (χ3n) is 2.20. The Morgan fingerprint density at radius 2 is 2.14 bits per heavy atom. The van der Waals surface area contributed by atoms with Crippen LogP contribution in [0.3, 0.4) is 0 Å². The van der Waals surface area contributed by atoms with Gasteiger partial charge in [0.05, 0.1) is 6.61 Å². The van der Waals surface area contributed by atoms with Gasteiger partial charge >= 0.3 is 6.09 Å². The molecule has 7 heteroatoms. The Hall–Kier alpha value is -2.15. The minimum absolute atomic E-state index is 0.0581. The highest BCUT2D eigenvalue weighted by Gasteiger charge is 2.17. The van der Waals surface area contributed by atoms with E-state index in [2.05, 4.69) is 10.3 Å². The van der Waals surface area contributed by atoms with Gasteiger partial charge in [-0.15, -0.1) is 0 Å². The number of pyridine rings is 1. The fourth-order valence-electron chi connectivity index (χ4n) is 1.33. The first-order valence-electron chi connectivity index (χ1n) is 6.60. The van der Waals surface area contributed by atoms with E-state index in [-0.39, 0.29) is 12.4 Å². The first kappa shape index (κ1) is 16.9. The molecule has 0 aliphatic carbocycles. The molecule has 1 amide bonds. The maximum atomic E-state index is 11.5. The van der Waals surface area contributed by atoms with Crippen molar-refractivity contribution in [2.24, 2.45) is 0 Å². The van der Waals surface area contributed by atoms with Crippen LogP contribution in [0.4, 0.5) is 4.79 Å². The number of rotatable bonds is 5. The van der Waals surface area contributed by atoms with E-state index in [1.807, 2.05) is 0 Å². The summed E-state index contributed by atoms with van der Waals surface area (Å²) in [5, 5.41) is 18.8. The predicted molar refractivity (Wildman–Crippen MR) is 77.6 cm³/mol. The molecule has 1 rings (SSSR count). The van der Waals surface area contributed by atoms with E-state index < -0.39 is 11.7 Å². The van der Waals surface area contributed by atoms with Crippen molar-refractivity contribution in [1.82, 2.24) is 10.3 Å². The van der Waals surface area contributed by atoms with Crippen LogP contribution < -0.4 is 10.1 Å². The van der Waals surface area contributed by atoms with Crippen molar-refractivity contribution in [1.29, 1.82) is 5.41 Å². The maximum Gasteiger partial charge on any atom is 0.413 e. The summed E-state index contributed by atoms with van der Waals surface area (Å²) in [4.78, 5) is 15.6. The van der Waals surface area contributed by atoms with Crippen molar-refractivity contribution in [3.8, 4) is 5.88 Å². The van der Waals surface area contributed by atoms with E-state index in [0.29, 0.717) is 24.5 Å². The fraction of sp³-hybridized carbons (Fsp3) is 0.500. The summed E-state index contributed by atoms with van der Waals surface area (Å²) in [6, 6.07) is 3.21. The molecule has 0 fully saturated rings. The highest BCUT2D eigenvalue weighted by Crippen LogP contribution is 2.09. The van der Waals surface area contributed by atoms with E-state index in [4.69, 9.17) is 20.0 Å². The average Bonchev–Trinajstić information content (AvgIpc) is 2.37. The number of amidine groups is 1. The molecule has 0 aliphatic rings. The number of aliphatic hydroxyl groups excluding tert-OH is 1. The number of alkyl carbamates (subject to hydrolysis) is 1. The zero-order chi connectivity index (χ0) is 15.9. The van der Waals surface area contributed by atoms with Crippen LogP contribution in [0.2, 0.25) is 0 Å². The lowest BCUT2D eigenvalue weighted by Gasteiger charge is -2.19. The predicted octanol–water partition coefficient (Wildman–Crippen LogP) is 1.69. The molecule has 0 unspecified atom stereocenters. The molecule has 0 bridgehead atoms. The van der Waals surface area contributed by atoms with E-state index in [9.17, 15) is 4.79 Å². The zero-order valence-corrected chi connectivity index (χ0v) is 12.5. The Morgan fingerprint density at radius 1 is 1.43 bits per heavy atom. The maximum absolute atomic E-state index is 11.5. The second kappa shape index (κ2) is 7.58. The molecule has 7 nitrogen and oxygen atoms in total. The topological polar surface area (TPSA) is 105 Å². The number of nitrogens with one attached hydrogen (secondary N) is 2. The summed E-state index contributed by atoms with van der Waals surface area (Å²) in [6.07, 6.45) is 1.27. The third-order valence-corrected chi connectivity index (χ3v) is 2.20. The second-order valence-corrected chi connectivity index (χ2v) is 5.31. The average molecular weight is 295 g/mol. The van der Waals surface area contributed by atoms with Gasteiger partial charge in [-0.25, -0.2) is 9.78 Å². The quantitative estimate of drug-likeness (QED) is 0.435. The van der Waals surface area contributed by atoms with Gasteiger partial charge in [-0.05, 0) is 26.8 Å². The third kappa shape index (κ3) is 6.71. The van der Waals surface area contributed by atoms with Crippen LogP contribution in [0, 0.1) is 5.41 Å². The molecular formula is C14H21N3O4. The number of hydrogen-bond acceptors (Lipinski definition) is 6. The van der Waals surface area contributed by atoms with Crippen molar-refractivity contribution in [3.63, 3.8) is 0 Å². The minimum Gasteiger partial charge on any atom is -0.478 e. The van der Waals surface area contributed by atoms with Crippen LogP contribution in [0.1, 0.15) is 32.8 Å². The molecule has 1 heterocycles. The van der Waals surface area contributed by atoms with Crippen molar-refractivity contribution in [2.45, 2.75) is 32.8 Å². The fourth-order valence-corrected chi connectivity index (χ4v) is 1.33. The van der Waals surface area contributed by atoms with Crippen molar-refractivity contribution < 1.29 is 19.4 Å². The van der Waals surface area contributed by atoms with Gasteiger partial charge in [0.15, 0.2) is 0 Å². The number of aliphatic hydroxyl groups is 1. The number of carbonyl (C=O) groups is 1. The lowest BCUT2D eigenvalue weighted by molar-refractivity contribution is 0.0563.